The van der Waals surface area contributed by atoms with Crippen molar-refractivity contribution in [3.05, 3.63) is 83.6 Å². The second-order valence-corrected chi connectivity index (χ2v) is 11.7. The van der Waals surface area contributed by atoms with Gasteiger partial charge in [-0.1, -0.05) is 67.6 Å². The van der Waals surface area contributed by atoms with Crippen molar-refractivity contribution in [2.24, 2.45) is 5.92 Å². The molecule has 0 N–H and O–H groups in total. The van der Waals surface area contributed by atoms with Crippen molar-refractivity contribution in [3.8, 4) is 0 Å². The molecule has 0 saturated heterocycles. The molecule has 2 aromatic carbocycles. The Labute approximate surface area is 244 Å². The van der Waals surface area contributed by atoms with Crippen molar-refractivity contribution in [1.82, 2.24) is 4.90 Å². The SMILES string of the molecule is C[C@@H]1C(OS(=O)(=O)C(F)(F)F)=C[C@@H](CCCCOCc2ccccc2)N(C(=O)OCc2ccccc2)[C@H]1CCCCl. The van der Waals surface area contributed by atoms with Gasteiger partial charge >= 0.3 is 21.7 Å². The Kier molecular flexibility index (Phi) is 12.4. The Bertz CT molecular complexity index is 1230. The molecule has 0 aliphatic carbocycles. The largest absolute Gasteiger partial charge is 0.534 e. The Balaban J connectivity index is 1.78. The molecular weight excluding hydrogens is 583 g/mol. The molecule has 12 heteroatoms. The van der Waals surface area contributed by atoms with E-state index in [1.54, 1.807) is 12.1 Å². The predicted molar refractivity (Wildman–Crippen MR) is 149 cm³/mol. The van der Waals surface area contributed by atoms with Gasteiger partial charge in [0.2, 0.25) is 0 Å². The Morgan fingerprint density at radius 2 is 1.54 bits per heavy atom. The zero-order valence-electron chi connectivity index (χ0n) is 22.8. The lowest BCUT2D eigenvalue weighted by atomic mass is 9.87. The molecular formula is C29H35ClF3NO6S. The Morgan fingerprint density at radius 1 is 0.927 bits per heavy atom. The van der Waals surface area contributed by atoms with Crippen LogP contribution in [-0.4, -0.2) is 49.5 Å². The summed E-state index contributed by atoms with van der Waals surface area (Å²) < 4.78 is 79.2. The summed E-state index contributed by atoms with van der Waals surface area (Å²) in [5.74, 6) is -0.954. The highest BCUT2D eigenvalue weighted by molar-refractivity contribution is 7.87. The molecule has 0 saturated carbocycles. The van der Waals surface area contributed by atoms with Crippen LogP contribution in [0.5, 0.6) is 0 Å². The van der Waals surface area contributed by atoms with Gasteiger partial charge in [-0.15, -0.1) is 11.6 Å². The van der Waals surface area contributed by atoms with Crippen LogP contribution in [0, 0.1) is 5.92 Å². The molecule has 1 amide bonds. The van der Waals surface area contributed by atoms with Crippen molar-refractivity contribution >= 4 is 27.8 Å². The summed E-state index contributed by atoms with van der Waals surface area (Å²) in [6.45, 7) is 2.40. The van der Waals surface area contributed by atoms with Crippen molar-refractivity contribution in [3.63, 3.8) is 0 Å². The summed E-state index contributed by atoms with van der Waals surface area (Å²) in [6.07, 6.45) is 2.89. The summed E-state index contributed by atoms with van der Waals surface area (Å²) in [6, 6.07) is 17.3. The lowest BCUT2D eigenvalue weighted by Crippen LogP contribution is -2.53. The lowest BCUT2D eigenvalue weighted by Gasteiger charge is -2.43. The third kappa shape index (κ3) is 9.65. The number of hydrogen-bond donors (Lipinski definition) is 0. The zero-order chi connectivity index (χ0) is 29.9. The molecule has 0 aromatic heterocycles. The first-order valence-electron chi connectivity index (χ1n) is 13.4. The number of alkyl halides is 4. The molecule has 1 heterocycles. The minimum absolute atomic E-state index is 0.00233. The zero-order valence-corrected chi connectivity index (χ0v) is 24.3. The molecule has 1 aliphatic rings. The van der Waals surface area contributed by atoms with E-state index in [0.717, 1.165) is 11.1 Å². The van der Waals surface area contributed by atoms with Gasteiger partial charge in [-0.05, 0) is 49.3 Å². The van der Waals surface area contributed by atoms with Crippen molar-refractivity contribution in [2.45, 2.75) is 69.8 Å². The smallest absolute Gasteiger partial charge is 0.445 e. The molecule has 0 bridgehead atoms. The molecule has 0 fully saturated rings. The molecule has 7 nitrogen and oxygen atoms in total. The van der Waals surface area contributed by atoms with E-state index in [4.69, 9.17) is 21.1 Å². The maximum atomic E-state index is 13.4. The summed E-state index contributed by atoms with van der Waals surface area (Å²) in [4.78, 5) is 14.9. The van der Waals surface area contributed by atoms with Crippen LogP contribution in [0.3, 0.4) is 0 Å². The normalized spacial score (nSPS) is 19.5. The second kappa shape index (κ2) is 15.5. The predicted octanol–water partition coefficient (Wildman–Crippen LogP) is 7.17. The standard InChI is InChI=1S/C29H35ClF3NO6S/c1-22-26(16-10-17-30)34(28(35)39-21-24-13-6-3-7-14-24)25(19-27(22)40-41(36,37)29(31,32)33)15-8-9-18-38-20-23-11-4-2-5-12-23/h2-7,11-14,19,22,25-26H,8-10,15-18,20-21H2,1H3/t22-,25+,26-/m0/s1. The van der Waals surface area contributed by atoms with Gasteiger partial charge in [0.15, 0.2) is 0 Å². The number of benzene rings is 2. The van der Waals surface area contributed by atoms with Crippen molar-refractivity contribution < 1.29 is 40.0 Å². The Morgan fingerprint density at radius 3 is 2.12 bits per heavy atom. The summed E-state index contributed by atoms with van der Waals surface area (Å²) in [5, 5.41) is 0. The number of carbonyl (C=O) groups is 1. The van der Waals surface area contributed by atoms with E-state index in [-0.39, 0.29) is 18.2 Å². The number of nitrogens with zero attached hydrogens (tertiary/aromatic N) is 1. The molecule has 41 heavy (non-hydrogen) atoms. The molecule has 226 valence electrons. The first kappa shape index (κ1) is 32.8. The van der Waals surface area contributed by atoms with Gasteiger partial charge in [0.05, 0.1) is 12.6 Å². The number of carbonyl (C=O) groups excluding carboxylic acids is 1. The number of halogens is 4. The highest BCUT2D eigenvalue weighted by atomic mass is 35.5. The van der Waals surface area contributed by atoms with Crippen molar-refractivity contribution in [2.75, 3.05) is 12.5 Å². The van der Waals surface area contributed by atoms with E-state index in [9.17, 15) is 26.4 Å². The van der Waals surface area contributed by atoms with Crippen LogP contribution < -0.4 is 0 Å². The van der Waals surface area contributed by atoms with Crippen LogP contribution >= 0.6 is 11.6 Å². The lowest BCUT2D eigenvalue weighted by molar-refractivity contribution is -0.0535. The van der Waals surface area contributed by atoms with Crippen LogP contribution in [0.4, 0.5) is 18.0 Å². The Hall–Kier alpha value is -2.76. The topological polar surface area (TPSA) is 82.1 Å². The van der Waals surface area contributed by atoms with E-state index in [1.807, 2.05) is 48.5 Å². The molecule has 0 spiro atoms. The van der Waals surface area contributed by atoms with Crippen LogP contribution in [0.2, 0.25) is 0 Å². The van der Waals surface area contributed by atoms with E-state index in [0.29, 0.717) is 45.3 Å². The fraction of sp³-hybridized carbons (Fsp3) is 0.483. The highest BCUT2D eigenvalue weighted by Crippen LogP contribution is 2.37. The highest BCUT2D eigenvalue weighted by Gasteiger charge is 2.50. The van der Waals surface area contributed by atoms with Crippen LogP contribution in [-0.2, 0) is 37.0 Å². The van der Waals surface area contributed by atoms with Gasteiger partial charge < -0.3 is 13.7 Å². The molecule has 0 radical (unpaired) electrons. The van der Waals surface area contributed by atoms with Crippen LogP contribution in [0.25, 0.3) is 0 Å². The first-order chi connectivity index (χ1) is 19.5. The summed E-state index contributed by atoms with van der Waals surface area (Å²) in [5.41, 5.74) is -3.79. The maximum absolute atomic E-state index is 13.4. The molecule has 2 aromatic rings. The fourth-order valence-corrected chi connectivity index (χ4v) is 5.37. The average molecular weight is 618 g/mol. The fourth-order valence-electron chi connectivity index (χ4n) is 4.66. The number of rotatable bonds is 14. The summed E-state index contributed by atoms with van der Waals surface area (Å²) in [7, 11) is -5.89. The van der Waals surface area contributed by atoms with Gasteiger partial charge in [-0.2, -0.15) is 21.6 Å². The summed E-state index contributed by atoms with van der Waals surface area (Å²) >= 11 is 5.91. The van der Waals surface area contributed by atoms with Gasteiger partial charge in [0, 0.05) is 24.4 Å². The van der Waals surface area contributed by atoms with Gasteiger partial charge in [0.25, 0.3) is 0 Å². The number of amides is 1. The van der Waals surface area contributed by atoms with Gasteiger partial charge in [-0.3, -0.25) is 4.90 Å². The molecule has 3 rings (SSSR count). The third-order valence-electron chi connectivity index (χ3n) is 6.79. The monoisotopic (exact) mass is 617 g/mol. The van der Waals surface area contributed by atoms with Crippen LogP contribution in [0.15, 0.2) is 72.5 Å². The number of ether oxygens (including phenoxy) is 2. The van der Waals surface area contributed by atoms with Crippen molar-refractivity contribution in [1.29, 1.82) is 0 Å². The van der Waals surface area contributed by atoms with E-state index in [1.165, 1.54) is 17.9 Å². The first-order valence-corrected chi connectivity index (χ1v) is 15.4. The quantitative estimate of drug-likeness (QED) is 0.0968. The van der Waals surface area contributed by atoms with Gasteiger partial charge in [0.1, 0.15) is 12.4 Å². The molecule has 0 unspecified atom stereocenters. The number of hydrogen-bond acceptors (Lipinski definition) is 6. The minimum Gasteiger partial charge on any atom is -0.445 e. The van der Waals surface area contributed by atoms with E-state index < -0.39 is 39.7 Å². The molecule has 1 aliphatic heterocycles. The molecule has 3 atom stereocenters. The number of unbranched alkanes of at least 4 members (excludes halogenated alkanes) is 1. The maximum Gasteiger partial charge on any atom is 0.534 e. The third-order valence-corrected chi connectivity index (χ3v) is 8.03. The second-order valence-electron chi connectivity index (χ2n) is 9.79. The van der Waals surface area contributed by atoms with E-state index in [2.05, 4.69) is 4.18 Å². The van der Waals surface area contributed by atoms with Gasteiger partial charge in [-0.25, -0.2) is 4.79 Å². The minimum atomic E-state index is -5.89. The van der Waals surface area contributed by atoms with E-state index >= 15 is 0 Å². The van der Waals surface area contributed by atoms with Crippen LogP contribution in [0.1, 0.15) is 50.2 Å². The average Bonchev–Trinajstić information content (AvgIpc) is 2.94.